The van der Waals surface area contributed by atoms with Crippen LogP contribution < -0.4 is 20.1 Å². The second-order valence-electron chi connectivity index (χ2n) is 7.77. The average Bonchev–Trinajstić information content (AvgIpc) is 3.34. The van der Waals surface area contributed by atoms with Crippen LogP contribution in [0.4, 0.5) is 11.9 Å². The van der Waals surface area contributed by atoms with Gasteiger partial charge in [0.1, 0.15) is 11.5 Å². The largest absolute Gasteiger partial charge is 0.497 e. The maximum Gasteiger partial charge on any atom is 0.274 e. The molecule has 0 saturated heterocycles. The number of halogens is 1. The van der Waals surface area contributed by atoms with Crippen molar-refractivity contribution < 1.29 is 14.3 Å². The van der Waals surface area contributed by atoms with Crippen molar-refractivity contribution >= 4 is 35.5 Å². The van der Waals surface area contributed by atoms with Gasteiger partial charge in [0.15, 0.2) is 0 Å². The molecule has 0 aliphatic carbocycles. The van der Waals surface area contributed by atoms with E-state index in [9.17, 15) is 4.79 Å². The first kappa shape index (κ1) is 24.8. The topological polar surface area (TPSA) is 90.3 Å². The first-order valence-corrected chi connectivity index (χ1v) is 11.6. The van der Waals surface area contributed by atoms with E-state index < -0.39 is 0 Å². The number of aromatic nitrogens is 3. The van der Waals surface area contributed by atoms with Crippen molar-refractivity contribution in [3.05, 3.63) is 101 Å². The Labute approximate surface area is 214 Å². The highest BCUT2D eigenvalue weighted by atomic mass is 35.5. The molecule has 4 aromatic rings. The molecule has 0 aliphatic rings. The summed E-state index contributed by atoms with van der Waals surface area (Å²) in [7, 11) is 3.25. The van der Waals surface area contributed by atoms with Crippen LogP contribution in [-0.4, -0.2) is 34.9 Å². The third-order valence-corrected chi connectivity index (χ3v) is 5.69. The van der Waals surface area contributed by atoms with Crippen LogP contribution in [0.15, 0.2) is 78.9 Å². The van der Waals surface area contributed by atoms with E-state index in [0.717, 1.165) is 28.2 Å². The molecule has 0 bridgehead atoms. The summed E-state index contributed by atoms with van der Waals surface area (Å²) in [6.45, 7) is 0.928. The molecule has 36 heavy (non-hydrogen) atoms. The highest BCUT2D eigenvalue weighted by molar-refractivity contribution is 6.32. The predicted octanol–water partition coefficient (Wildman–Crippen LogP) is 5.53. The highest BCUT2D eigenvalue weighted by Crippen LogP contribution is 2.18. The number of rotatable bonds is 10. The summed E-state index contributed by atoms with van der Waals surface area (Å²) in [6.07, 6.45) is 3.08. The molecule has 0 spiro atoms. The Hall–Kier alpha value is -4.30. The standard InChI is InChI=1S/C27H26ClN5O3/c1-35-22-12-7-19(8-13-22)17-29-26-31-27(30-18-20-9-14-23(36-2)15-10-20)33(32-26)25(34)16-11-21-5-3-4-6-24(21)28/h3-16H,17-18H2,1-2H3,(H2,29,30,31,32). The smallest absolute Gasteiger partial charge is 0.274 e. The molecule has 0 radical (unpaired) electrons. The molecule has 3 aromatic carbocycles. The van der Waals surface area contributed by atoms with Crippen LogP contribution in [0, 0.1) is 0 Å². The molecule has 1 heterocycles. The minimum absolute atomic E-state index is 0.317. The van der Waals surface area contributed by atoms with Crippen molar-refractivity contribution in [3.8, 4) is 11.5 Å². The Morgan fingerprint density at radius 3 is 2.06 bits per heavy atom. The van der Waals surface area contributed by atoms with Crippen LogP contribution in [0.3, 0.4) is 0 Å². The number of hydrogen-bond donors (Lipinski definition) is 2. The van der Waals surface area contributed by atoms with Crippen molar-refractivity contribution in [2.75, 3.05) is 24.9 Å². The maximum atomic E-state index is 13.0. The van der Waals surface area contributed by atoms with Crippen molar-refractivity contribution in [1.29, 1.82) is 0 Å². The summed E-state index contributed by atoms with van der Waals surface area (Å²) < 4.78 is 11.6. The van der Waals surface area contributed by atoms with E-state index in [1.54, 1.807) is 26.4 Å². The zero-order valence-corrected chi connectivity index (χ0v) is 20.7. The van der Waals surface area contributed by atoms with Gasteiger partial charge < -0.3 is 20.1 Å². The number of ether oxygens (including phenoxy) is 2. The molecule has 2 N–H and O–H groups in total. The van der Waals surface area contributed by atoms with Crippen LogP contribution in [0.25, 0.3) is 6.08 Å². The predicted molar refractivity (Wildman–Crippen MR) is 142 cm³/mol. The summed E-state index contributed by atoms with van der Waals surface area (Å²) in [4.78, 5) is 17.5. The van der Waals surface area contributed by atoms with Crippen molar-refractivity contribution in [2.45, 2.75) is 13.1 Å². The molecule has 184 valence electrons. The van der Waals surface area contributed by atoms with Crippen LogP contribution in [0.2, 0.25) is 5.02 Å². The van der Waals surface area contributed by atoms with E-state index in [4.69, 9.17) is 21.1 Å². The fraction of sp³-hybridized carbons (Fsp3) is 0.148. The second-order valence-corrected chi connectivity index (χ2v) is 8.17. The molecule has 0 unspecified atom stereocenters. The lowest BCUT2D eigenvalue weighted by Gasteiger charge is -2.07. The molecule has 0 fully saturated rings. The van der Waals surface area contributed by atoms with Gasteiger partial charge in [0.05, 0.1) is 14.2 Å². The normalized spacial score (nSPS) is 10.9. The highest BCUT2D eigenvalue weighted by Gasteiger charge is 2.15. The Bertz CT molecular complexity index is 1330. The van der Waals surface area contributed by atoms with E-state index in [1.807, 2.05) is 66.7 Å². The molecule has 8 nitrogen and oxygen atoms in total. The molecule has 1 aromatic heterocycles. The van der Waals surface area contributed by atoms with Gasteiger partial charge in [-0.1, -0.05) is 54.1 Å². The van der Waals surface area contributed by atoms with Crippen molar-refractivity contribution in [3.63, 3.8) is 0 Å². The molecule has 0 atom stereocenters. The number of benzene rings is 3. The Balaban J connectivity index is 1.52. The van der Waals surface area contributed by atoms with Gasteiger partial charge in [0.25, 0.3) is 5.91 Å². The van der Waals surface area contributed by atoms with Gasteiger partial charge in [0, 0.05) is 24.2 Å². The average molecular weight is 504 g/mol. The third-order valence-electron chi connectivity index (χ3n) is 5.35. The summed E-state index contributed by atoms with van der Waals surface area (Å²) >= 11 is 6.21. The van der Waals surface area contributed by atoms with Gasteiger partial charge in [-0.05, 0) is 53.1 Å². The fourth-order valence-electron chi connectivity index (χ4n) is 3.35. The molecule has 0 amide bonds. The number of carbonyl (C=O) groups is 1. The summed E-state index contributed by atoms with van der Waals surface area (Å²) in [5.41, 5.74) is 2.75. The molecule has 0 aliphatic heterocycles. The van der Waals surface area contributed by atoms with E-state index in [-0.39, 0.29) is 5.91 Å². The van der Waals surface area contributed by atoms with Crippen LogP contribution in [0.5, 0.6) is 11.5 Å². The molecule has 9 heteroatoms. The molecule has 0 saturated carbocycles. The lowest BCUT2D eigenvalue weighted by atomic mass is 10.2. The number of methoxy groups -OCH3 is 2. The minimum Gasteiger partial charge on any atom is -0.497 e. The van der Waals surface area contributed by atoms with E-state index in [0.29, 0.717) is 30.0 Å². The van der Waals surface area contributed by atoms with E-state index >= 15 is 0 Å². The van der Waals surface area contributed by atoms with Gasteiger partial charge in [-0.2, -0.15) is 9.67 Å². The summed E-state index contributed by atoms with van der Waals surface area (Å²) in [6, 6.07) is 22.6. The first-order valence-electron chi connectivity index (χ1n) is 11.2. The lowest BCUT2D eigenvalue weighted by Crippen LogP contribution is -2.14. The SMILES string of the molecule is COc1ccc(CNc2nc(NCc3ccc(OC)cc3)n(C(=O)C=Cc3ccccc3Cl)n2)cc1. The number of nitrogens with one attached hydrogen (secondary N) is 2. The van der Waals surface area contributed by atoms with Crippen LogP contribution >= 0.6 is 11.6 Å². The summed E-state index contributed by atoms with van der Waals surface area (Å²) in [5.74, 6) is 1.82. The molecular weight excluding hydrogens is 478 g/mol. The summed E-state index contributed by atoms with van der Waals surface area (Å²) in [5, 5.41) is 11.3. The third kappa shape index (κ3) is 6.43. The lowest BCUT2D eigenvalue weighted by molar-refractivity contribution is 0.0957. The molecule has 4 rings (SSSR count). The Kier molecular flexibility index (Phi) is 8.20. The van der Waals surface area contributed by atoms with Crippen LogP contribution in [-0.2, 0) is 13.1 Å². The second kappa shape index (κ2) is 11.9. The van der Waals surface area contributed by atoms with Gasteiger partial charge in [-0.3, -0.25) is 4.79 Å². The number of anilines is 2. The minimum atomic E-state index is -0.364. The number of carbonyl (C=O) groups excluding carboxylic acids is 1. The Morgan fingerprint density at radius 2 is 1.47 bits per heavy atom. The fourth-order valence-corrected chi connectivity index (χ4v) is 3.54. The van der Waals surface area contributed by atoms with Crippen molar-refractivity contribution in [1.82, 2.24) is 14.8 Å². The van der Waals surface area contributed by atoms with Gasteiger partial charge in [-0.25, -0.2) is 0 Å². The quantitative estimate of drug-likeness (QED) is 0.275. The number of hydrogen-bond acceptors (Lipinski definition) is 7. The number of allylic oxidation sites excluding steroid dienone is 1. The molecular formula is C27H26ClN5O3. The maximum absolute atomic E-state index is 13.0. The monoisotopic (exact) mass is 503 g/mol. The van der Waals surface area contributed by atoms with Crippen molar-refractivity contribution in [2.24, 2.45) is 0 Å². The zero-order chi connectivity index (χ0) is 25.3. The van der Waals surface area contributed by atoms with Crippen LogP contribution in [0.1, 0.15) is 21.5 Å². The van der Waals surface area contributed by atoms with E-state index in [1.165, 1.54) is 10.8 Å². The number of nitrogens with zero attached hydrogens (tertiary/aromatic N) is 3. The Morgan fingerprint density at radius 1 is 0.889 bits per heavy atom. The van der Waals surface area contributed by atoms with Gasteiger partial charge >= 0.3 is 0 Å². The van der Waals surface area contributed by atoms with Gasteiger partial charge in [0.2, 0.25) is 11.9 Å². The van der Waals surface area contributed by atoms with Gasteiger partial charge in [-0.15, -0.1) is 5.10 Å². The first-order chi connectivity index (χ1) is 17.6. The zero-order valence-electron chi connectivity index (χ0n) is 19.9. The van der Waals surface area contributed by atoms with E-state index in [2.05, 4.69) is 20.7 Å².